The molecule has 2 amide bonds. The first-order valence-corrected chi connectivity index (χ1v) is 5.66. The summed E-state index contributed by atoms with van der Waals surface area (Å²) in [6.45, 7) is 5.50. The molecule has 2 atom stereocenters. The van der Waals surface area contributed by atoms with Crippen LogP contribution in [0.15, 0.2) is 10.5 Å². The molecule has 1 aromatic rings. The fraction of sp³-hybridized carbons (Fsp3) is 0.500. The zero-order chi connectivity index (χ0) is 12.6. The molecular formula is C12H16N2O3. The molecule has 1 fully saturated rings. The highest BCUT2D eigenvalue weighted by molar-refractivity contribution is 5.96. The van der Waals surface area contributed by atoms with E-state index in [1.54, 1.807) is 19.9 Å². The quantitative estimate of drug-likeness (QED) is 0.760. The maximum Gasteiger partial charge on any atom is 0.273 e. The number of carbonyl (C=O) groups is 2. The van der Waals surface area contributed by atoms with Gasteiger partial charge in [0.05, 0.1) is 5.56 Å². The van der Waals surface area contributed by atoms with Gasteiger partial charge in [0, 0.05) is 5.92 Å². The second-order valence-corrected chi connectivity index (χ2v) is 4.59. The van der Waals surface area contributed by atoms with Gasteiger partial charge in [-0.1, -0.05) is 6.92 Å². The monoisotopic (exact) mass is 236 g/mol. The van der Waals surface area contributed by atoms with Crippen molar-refractivity contribution in [1.29, 1.82) is 0 Å². The fourth-order valence-electron chi connectivity index (χ4n) is 1.82. The maximum absolute atomic E-state index is 11.7. The molecule has 1 aromatic heterocycles. The van der Waals surface area contributed by atoms with Gasteiger partial charge in [0.25, 0.3) is 5.91 Å². The topological polar surface area (TPSA) is 71.3 Å². The summed E-state index contributed by atoms with van der Waals surface area (Å²) in [5.41, 5.74) is 5.28. The molecule has 0 spiro atoms. The summed E-state index contributed by atoms with van der Waals surface area (Å²) >= 11 is 0. The maximum atomic E-state index is 11.7. The Morgan fingerprint density at radius 2 is 2.00 bits per heavy atom. The van der Waals surface area contributed by atoms with Crippen molar-refractivity contribution < 1.29 is 14.0 Å². The van der Waals surface area contributed by atoms with Gasteiger partial charge in [-0.25, -0.2) is 0 Å². The van der Waals surface area contributed by atoms with Crippen LogP contribution in [0.3, 0.4) is 0 Å². The van der Waals surface area contributed by atoms with E-state index in [1.807, 2.05) is 6.92 Å². The number of aryl methyl sites for hydroxylation is 2. The molecule has 0 saturated heterocycles. The van der Waals surface area contributed by atoms with E-state index in [9.17, 15) is 9.59 Å². The Morgan fingerprint density at radius 3 is 2.47 bits per heavy atom. The van der Waals surface area contributed by atoms with Gasteiger partial charge in [0.2, 0.25) is 5.91 Å². The summed E-state index contributed by atoms with van der Waals surface area (Å²) in [4.78, 5) is 23.2. The summed E-state index contributed by atoms with van der Waals surface area (Å²) in [7, 11) is 0. The second kappa shape index (κ2) is 4.24. The largest absolute Gasteiger partial charge is 0.466 e. The Morgan fingerprint density at radius 1 is 1.35 bits per heavy atom. The molecule has 5 nitrogen and oxygen atoms in total. The third kappa shape index (κ3) is 2.49. The Kier molecular flexibility index (Phi) is 2.92. The summed E-state index contributed by atoms with van der Waals surface area (Å²) in [6.07, 6.45) is 0.894. The summed E-state index contributed by atoms with van der Waals surface area (Å²) < 4.78 is 5.25. The highest BCUT2D eigenvalue weighted by atomic mass is 16.3. The number of nitrogens with one attached hydrogen (secondary N) is 2. The third-order valence-corrected chi connectivity index (χ3v) is 3.03. The van der Waals surface area contributed by atoms with Crippen molar-refractivity contribution in [3.05, 3.63) is 23.2 Å². The minimum atomic E-state index is -0.346. The van der Waals surface area contributed by atoms with E-state index in [0.29, 0.717) is 23.0 Å². The molecule has 0 aliphatic heterocycles. The fourth-order valence-corrected chi connectivity index (χ4v) is 1.82. The molecule has 2 rings (SSSR count). The number of carbonyl (C=O) groups excluding carboxylic acids is 2. The van der Waals surface area contributed by atoms with Crippen LogP contribution < -0.4 is 10.9 Å². The van der Waals surface area contributed by atoms with Crippen molar-refractivity contribution >= 4 is 11.8 Å². The Bertz CT molecular complexity index is 464. The summed E-state index contributed by atoms with van der Waals surface area (Å²) in [5, 5.41) is 0. The predicted octanol–water partition coefficient (Wildman–Crippen LogP) is 1.31. The van der Waals surface area contributed by atoms with Gasteiger partial charge in [0.1, 0.15) is 11.5 Å². The molecule has 1 aliphatic rings. The number of amides is 2. The van der Waals surface area contributed by atoms with E-state index in [2.05, 4.69) is 10.9 Å². The average molecular weight is 236 g/mol. The predicted molar refractivity (Wildman–Crippen MR) is 61.1 cm³/mol. The van der Waals surface area contributed by atoms with Crippen molar-refractivity contribution in [2.24, 2.45) is 11.8 Å². The lowest BCUT2D eigenvalue weighted by Crippen LogP contribution is -2.42. The molecule has 0 bridgehead atoms. The minimum Gasteiger partial charge on any atom is -0.466 e. The molecule has 0 unspecified atom stereocenters. The normalized spacial score (nSPS) is 22.1. The van der Waals surface area contributed by atoms with E-state index in [1.165, 1.54) is 0 Å². The number of hydrogen-bond acceptors (Lipinski definition) is 3. The zero-order valence-corrected chi connectivity index (χ0v) is 10.2. The number of hydrogen-bond donors (Lipinski definition) is 2. The Balaban J connectivity index is 1.89. The SMILES string of the molecule is Cc1cc(C(=O)NNC(=O)[C@H]2C[C@H]2C)c(C)o1. The van der Waals surface area contributed by atoms with Crippen LogP contribution in [0.4, 0.5) is 0 Å². The molecule has 17 heavy (non-hydrogen) atoms. The molecule has 0 aromatic carbocycles. The smallest absolute Gasteiger partial charge is 0.273 e. The van der Waals surface area contributed by atoms with Gasteiger partial charge >= 0.3 is 0 Å². The Hall–Kier alpha value is -1.78. The lowest BCUT2D eigenvalue weighted by atomic mass is 10.2. The molecule has 2 N–H and O–H groups in total. The van der Waals surface area contributed by atoms with Crippen LogP contribution in [0, 0.1) is 25.7 Å². The van der Waals surface area contributed by atoms with Crippen molar-refractivity contribution in [2.75, 3.05) is 0 Å². The highest BCUT2D eigenvalue weighted by Crippen LogP contribution is 2.37. The first-order valence-electron chi connectivity index (χ1n) is 5.66. The van der Waals surface area contributed by atoms with E-state index < -0.39 is 0 Å². The van der Waals surface area contributed by atoms with Gasteiger partial charge in [-0.3, -0.25) is 20.4 Å². The first kappa shape index (κ1) is 11.7. The lowest BCUT2D eigenvalue weighted by Gasteiger charge is -2.05. The number of furan rings is 1. The number of hydrazine groups is 1. The molecule has 5 heteroatoms. The van der Waals surface area contributed by atoms with Gasteiger partial charge < -0.3 is 4.42 Å². The van der Waals surface area contributed by atoms with Crippen LogP contribution in [0.25, 0.3) is 0 Å². The average Bonchev–Trinajstić information content (AvgIpc) is 2.89. The van der Waals surface area contributed by atoms with Gasteiger partial charge in [0.15, 0.2) is 0 Å². The van der Waals surface area contributed by atoms with Gasteiger partial charge in [-0.15, -0.1) is 0 Å². The van der Waals surface area contributed by atoms with E-state index in [0.717, 1.165) is 6.42 Å². The van der Waals surface area contributed by atoms with Crippen LogP contribution in [0.2, 0.25) is 0 Å². The molecule has 1 aliphatic carbocycles. The molecule has 1 heterocycles. The van der Waals surface area contributed by atoms with E-state index >= 15 is 0 Å². The minimum absolute atomic E-state index is 0.0440. The van der Waals surface area contributed by atoms with E-state index in [-0.39, 0.29) is 17.7 Å². The van der Waals surface area contributed by atoms with Crippen LogP contribution in [0.5, 0.6) is 0 Å². The third-order valence-electron chi connectivity index (χ3n) is 3.03. The molecular weight excluding hydrogens is 220 g/mol. The zero-order valence-electron chi connectivity index (χ0n) is 10.2. The summed E-state index contributed by atoms with van der Waals surface area (Å²) in [5.74, 6) is 1.22. The lowest BCUT2D eigenvalue weighted by molar-refractivity contribution is -0.123. The standard InChI is InChI=1S/C12H16N2O3/c1-6-4-9(6)11(15)13-14-12(16)10-5-7(2)17-8(10)3/h5-6,9H,4H2,1-3H3,(H,13,15)(H,14,16)/t6-,9+/m1/s1. The molecule has 0 radical (unpaired) electrons. The molecule has 92 valence electrons. The molecule has 1 saturated carbocycles. The van der Waals surface area contributed by atoms with Gasteiger partial charge in [-0.05, 0) is 32.3 Å². The van der Waals surface area contributed by atoms with Crippen LogP contribution in [0.1, 0.15) is 35.2 Å². The van der Waals surface area contributed by atoms with Crippen LogP contribution >= 0.6 is 0 Å². The Labute approximate surface area is 99.5 Å². The number of rotatable bonds is 2. The van der Waals surface area contributed by atoms with Crippen molar-refractivity contribution in [3.8, 4) is 0 Å². The van der Waals surface area contributed by atoms with Crippen molar-refractivity contribution in [2.45, 2.75) is 27.2 Å². The van der Waals surface area contributed by atoms with Crippen LogP contribution in [-0.4, -0.2) is 11.8 Å². The highest BCUT2D eigenvalue weighted by Gasteiger charge is 2.39. The van der Waals surface area contributed by atoms with E-state index in [4.69, 9.17) is 4.42 Å². The summed E-state index contributed by atoms with van der Waals surface area (Å²) in [6, 6.07) is 1.65. The first-order chi connectivity index (χ1) is 7.99. The second-order valence-electron chi connectivity index (χ2n) is 4.59. The van der Waals surface area contributed by atoms with Crippen molar-refractivity contribution in [1.82, 2.24) is 10.9 Å². The van der Waals surface area contributed by atoms with Crippen molar-refractivity contribution in [3.63, 3.8) is 0 Å². The van der Waals surface area contributed by atoms with Crippen LogP contribution in [-0.2, 0) is 4.79 Å². The van der Waals surface area contributed by atoms with Gasteiger partial charge in [-0.2, -0.15) is 0 Å².